The van der Waals surface area contributed by atoms with Gasteiger partial charge < -0.3 is 9.64 Å². The molecule has 0 spiro atoms. The summed E-state index contributed by atoms with van der Waals surface area (Å²) in [5.41, 5.74) is 0. The van der Waals surface area contributed by atoms with Gasteiger partial charge in [-0.2, -0.15) is 5.26 Å². The number of nitrogens with zero attached hydrogens (tertiary/aromatic N) is 2. The van der Waals surface area contributed by atoms with Crippen molar-refractivity contribution >= 4 is 27.3 Å². The molecule has 3 rings (SSSR count). The number of likely N-dealkylation sites (tertiary alicyclic amines) is 1. The quantitative estimate of drug-likeness (QED) is 0.792. The Morgan fingerprint density at radius 3 is 2.89 bits per heavy atom. The van der Waals surface area contributed by atoms with Crippen LogP contribution in [0.15, 0.2) is 23.1 Å². The van der Waals surface area contributed by atoms with Crippen LogP contribution in [0.3, 0.4) is 0 Å². The second-order valence-electron chi connectivity index (χ2n) is 6.96. The van der Waals surface area contributed by atoms with Crippen molar-refractivity contribution in [3.8, 4) is 11.8 Å². The Bertz CT molecular complexity index is 868. The van der Waals surface area contributed by atoms with Gasteiger partial charge in [0.2, 0.25) is 5.91 Å². The smallest absolute Gasteiger partial charge is 0.240 e. The molecule has 2 heterocycles. The number of amides is 1. The number of carbonyl (C=O) groups is 1. The fourth-order valence-corrected chi connectivity index (χ4v) is 4.94. The van der Waals surface area contributed by atoms with Gasteiger partial charge >= 0.3 is 0 Å². The molecule has 0 bridgehead atoms. The van der Waals surface area contributed by atoms with Crippen molar-refractivity contribution in [3.05, 3.63) is 23.2 Å². The molecular formula is C18H22ClN3O4S. The number of sulfone groups is 1. The first kappa shape index (κ1) is 19.9. The largest absolute Gasteiger partial charge is 0.490 e. The maximum atomic E-state index is 12.6. The van der Waals surface area contributed by atoms with Crippen LogP contribution in [0.1, 0.15) is 25.7 Å². The number of rotatable bonds is 5. The summed E-state index contributed by atoms with van der Waals surface area (Å²) in [6.07, 6.45) is 4.12. The van der Waals surface area contributed by atoms with Crippen LogP contribution in [0.25, 0.3) is 0 Å². The van der Waals surface area contributed by atoms with E-state index in [4.69, 9.17) is 21.6 Å². The third-order valence-electron chi connectivity index (χ3n) is 4.99. The van der Waals surface area contributed by atoms with Crippen LogP contribution in [0.5, 0.6) is 5.75 Å². The lowest BCUT2D eigenvalue weighted by atomic mass is 10.1. The molecule has 2 aliphatic heterocycles. The molecular weight excluding hydrogens is 390 g/mol. The Morgan fingerprint density at radius 2 is 2.19 bits per heavy atom. The van der Waals surface area contributed by atoms with Crippen molar-refractivity contribution in [1.82, 2.24) is 10.2 Å². The Balaban J connectivity index is 1.58. The number of benzene rings is 1. The van der Waals surface area contributed by atoms with E-state index >= 15 is 0 Å². The fourth-order valence-electron chi connectivity index (χ4n) is 3.59. The van der Waals surface area contributed by atoms with Crippen LogP contribution in [0, 0.1) is 11.3 Å². The third-order valence-corrected chi connectivity index (χ3v) is 6.63. The highest BCUT2D eigenvalue weighted by atomic mass is 35.5. The van der Waals surface area contributed by atoms with Gasteiger partial charge in [0, 0.05) is 18.8 Å². The zero-order chi connectivity index (χ0) is 19.6. The van der Waals surface area contributed by atoms with Crippen LogP contribution >= 0.6 is 11.6 Å². The first-order valence-corrected chi connectivity index (χ1v) is 11.2. The van der Waals surface area contributed by atoms with Gasteiger partial charge in [0.1, 0.15) is 23.4 Å². The van der Waals surface area contributed by atoms with Gasteiger partial charge in [-0.25, -0.2) is 8.42 Å². The van der Waals surface area contributed by atoms with E-state index in [-0.39, 0.29) is 40.6 Å². The highest BCUT2D eigenvalue weighted by Gasteiger charge is 2.37. The molecule has 0 unspecified atom stereocenters. The lowest BCUT2D eigenvalue weighted by Crippen LogP contribution is -2.47. The van der Waals surface area contributed by atoms with E-state index in [0.717, 1.165) is 25.5 Å². The first-order chi connectivity index (χ1) is 12.8. The summed E-state index contributed by atoms with van der Waals surface area (Å²) in [5.74, 6) is 0.277. The monoisotopic (exact) mass is 411 g/mol. The van der Waals surface area contributed by atoms with E-state index < -0.39 is 9.84 Å². The highest BCUT2D eigenvalue weighted by Crippen LogP contribution is 2.31. The van der Waals surface area contributed by atoms with Crippen molar-refractivity contribution in [3.63, 3.8) is 0 Å². The zero-order valence-corrected chi connectivity index (χ0v) is 16.6. The molecule has 0 radical (unpaired) electrons. The van der Waals surface area contributed by atoms with E-state index in [9.17, 15) is 13.2 Å². The molecule has 1 aromatic rings. The van der Waals surface area contributed by atoms with Crippen molar-refractivity contribution in [2.24, 2.45) is 0 Å². The Labute approximate surface area is 164 Å². The summed E-state index contributed by atoms with van der Waals surface area (Å²) in [4.78, 5) is 14.3. The summed E-state index contributed by atoms with van der Waals surface area (Å²) < 4.78 is 29.2. The van der Waals surface area contributed by atoms with Crippen LogP contribution < -0.4 is 10.1 Å². The molecule has 2 saturated heterocycles. The fraction of sp³-hybridized carbons (Fsp3) is 0.556. The normalized spacial score (nSPS) is 25.4. The third kappa shape index (κ3) is 4.37. The molecule has 7 nitrogen and oxygen atoms in total. The van der Waals surface area contributed by atoms with Crippen LogP contribution in [-0.2, 0) is 14.6 Å². The van der Waals surface area contributed by atoms with Crippen molar-refractivity contribution < 1.29 is 17.9 Å². The first-order valence-electron chi connectivity index (χ1n) is 8.88. The molecule has 9 heteroatoms. The number of carbonyl (C=O) groups excluding carboxylic acids is 1. The Kier molecular flexibility index (Phi) is 5.94. The minimum Gasteiger partial charge on any atom is -0.490 e. The number of hydrogen-bond donors (Lipinski definition) is 1. The summed E-state index contributed by atoms with van der Waals surface area (Å²) in [5, 5.41) is 12.5. The van der Waals surface area contributed by atoms with E-state index in [1.165, 1.54) is 6.07 Å². The van der Waals surface area contributed by atoms with E-state index in [1.54, 1.807) is 17.0 Å². The molecule has 146 valence electrons. The minimum atomic E-state index is -3.43. The number of hydrogen-bond acceptors (Lipinski definition) is 6. The Hall–Kier alpha value is -1.82. The number of nitriles is 1. The van der Waals surface area contributed by atoms with Crippen LogP contribution in [0.4, 0.5) is 0 Å². The SMILES string of the molecule is CS(=O)(=O)c1cccc(OC[C@H]2CC[C@@H](C(=O)N3CCC[C@H]3C#N)N2)c1Cl. The van der Waals surface area contributed by atoms with E-state index in [2.05, 4.69) is 11.4 Å². The van der Waals surface area contributed by atoms with Gasteiger partial charge in [0.25, 0.3) is 0 Å². The summed E-state index contributed by atoms with van der Waals surface area (Å²) >= 11 is 6.16. The number of ether oxygens (including phenoxy) is 1. The van der Waals surface area contributed by atoms with E-state index in [0.29, 0.717) is 18.7 Å². The topological polar surface area (TPSA) is 99.5 Å². The highest BCUT2D eigenvalue weighted by molar-refractivity contribution is 7.90. The standard InChI is InChI=1S/C18H22ClN3O4S/c1-27(24,25)16-6-2-5-15(17(16)19)26-11-12-7-8-14(21-12)18(23)22-9-3-4-13(22)10-20/h2,5-6,12-14,21H,3-4,7-9,11H2,1H3/t12-,13+,14+/m1/s1. The molecule has 2 fully saturated rings. The number of nitrogens with one attached hydrogen (secondary N) is 1. The molecule has 27 heavy (non-hydrogen) atoms. The molecule has 1 aromatic carbocycles. The second kappa shape index (κ2) is 8.05. The molecule has 1 amide bonds. The molecule has 0 aliphatic carbocycles. The molecule has 0 aromatic heterocycles. The molecule has 0 saturated carbocycles. The predicted molar refractivity (Wildman–Crippen MR) is 100 cm³/mol. The zero-order valence-electron chi connectivity index (χ0n) is 15.0. The van der Waals surface area contributed by atoms with Gasteiger partial charge in [-0.3, -0.25) is 10.1 Å². The van der Waals surface area contributed by atoms with Gasteiger partial charge in [0.15, 0.2) is 9.84 Å². The second-order valence-corrected chi connectivity index (χ2v) is 9.33. The lowest BCUT2D eigenvalue weighted by Gasteiger charge is -2.24. The van der Waals surface area contributed by atoms with Crippen molar-refractivity contribution in [2.45, 2.75) is 48.7 Å². The summed E-state index contributed by atoms with van der Waals surface area (Å²) in [6, 6.07) is 6.15. The maximum absolute atomic E-state index is 12.6. The van der Waals surface area contributed by atoms with E-state index in [1.807, 2.05) is 0 Å². The van der Waals surface area contributed by atoms with Gasteiger partial charge in [-0.15, -0.1) is 0 Å². The number of halogens is 1. The van der Waals surface area contributed by atoms with Gasteiger partial charge in [-0.05, 0) is 37.8 Å². The summed E-state index contributed by atoms with van der Waals surface area (Å²) in [7, 11) is -3.43. The predicted octanol–water partition coefficient (Wildman–Crippen LogP) is 1.76. The summed E-state index contributed by atoms with van der Waals surface area (Å²) in [6.45, 7) is 0.905. The molecule has 1 N–H and O–H groups in total. The molecule has 2 aliphatic rings. The van der Waals surface area contributed by atoms with Crippen molar-refractivity contribution in [1.29, 1.82) is 5.26 Å². The minimum absolute atomic E-state index is 0.0290. The Morgan fingerprint density at radius 1 is 1.41 bits per heavy atom. The van der Waals surface area contributed by atoms with Crippen LogP contribution in [-0.4, -0.2) is 56.8 Å². The maximum Gasteiger partial charge on any atom is 0.240 e. The van der Waals surface area contributed by atoms with Gasteiger partial charge in [0.05, 0.1) is 17.0 Å². The lowest BCUT2D eigenvalue weighted by molar-refractivity contribution is -0.133. The van der Waals surface area contributed by atoms with Crippen LogP contribution in [0.2, 0.25) is 5.02 Å². The average Bonchev–Trinajstić information content (AvgIpc) is 3.28. The van der Waals surface area contributed by atoms with Gasteiger partial charge in [-0.1, -0.05) is 17.7 Å². The average molecular weight is 412 g/mol. The van der Waals surface area contributed by atoms with Crippen molar-refractivity contribution in [2.75, 3.05) is 19.4 Å². The molecule has 3 atom stereocenters.